The molecule has 0 unspecified atom stereocenters. The van der Waals surface area contributed by atoms with E-state index in [4.69, 9.17) is 21.6 Å². The zero-order chi connectivity index (χ0) is 20.5. The largest absolute Gasteiger partial charge is 0.352 e. The van der Waals surface area contributed by atoms with Crippen LogP contribution in [0.15, 0.2) is 0 Å². The standard InChI is InChI=1S/C22H31ClN4OS/c1-4-14(2)19-24-20(26-10-12-27(13-11-26)22(28)15(3)23)18-16-8-6-5-7-9-17(16)29-21(18)25-19/h14-15H,4-13H2,1-3H3/t14-,15-/m1/s1. The number of amides is 1. The van der Waals surface area contributed by atoms with Gasteiger partial charge in [0.05, 0.1) is 5.39 Å². The van der Waals surface area contributed by atoms with Crippen molar-refractivity contribution in [2.75, 3.05) is 31.1 Å². The third-order valence-electron chi connectivity index (χ3n) is 6.35. The Balaban J connectivity index is 1.72. The molecule has 158 valence electrons. The monoisotopic (exact) mass is 434 g/mol. The van der Waals surface area contributed by atoms with Gasteiger partial charge in [0.15, 0.2) is 0 Å². The zero-order valence-corrected chi connectivity index (χ0v) is 19.3. The van der Waals surface area contributed by atoms with Gasteiger partial charge in [-0.25, -0.2) is 9.97 Å². The van der Waals surface area contributed by atoms with Crippen LogP contribution in [0.1, 0.15) is 68.6 Å². The van der Waals surface area contributed by atoms with Gasteiger partial charge in [-0.2, -0.15) is 0 Å². The average molecular weight is 435 g/mol. The molecular weight excluding hydrogens is 404 g/mol. The first-order valence-electron chi connectivity index (χ1n) is 11.0. The van der Waals surface area contributed by atoms with E-state index in [0.717, 1.165) is 42.4 Å². The highest BCUT2D eigenvalue weighted by atomic mass is 35.5. The summed E-state index contributed by atoms with van der Waals surface area (Å²) in [6.07, 6.45) is 7.17. The van der Waals surface area contributed by atoms with Crippen molar-refractivity contribution in [3.05, 3.63) is 16.3 Å². The molecule has 2 aliphatic rings. The van der Waals surface area contributed by atoms with Crippen molar-refractivity contribution in [1.82, 2.24) is 14.9 Å². The fourth-order valence-corrected chi connectivity index (χ4v) is 5.75. The van der Waals surface area contributed by atoms with Gasteiger partial charge in [0.1, 0.15) is 21.8 Å². The minimum atomic E-state index is -0.461. The highest BCUT2D eigenvalue weighted by molar-refractivity contribution is 7.19. The molecule has 2 atom stereocenters. The van der Waals surface area contributed by atoms with Gasteiger partial charge < -0.3 is 9.80 Å². The van der Waals surface area contributed by atoms with E-state index in [0.29, 0.717) is 19.0 Å². The van der Waals surface area contributed by atoms with E-state index in [9.17, 15) is 4.79 Å². The molecule has 2 aromatic heterocycles. The summed E-state index contributed by atoms with van der Waals surface area (Å²) in [6, 6.07) is 0. The van der Waals surface area contributed by atoms with Crippen LogP contribution in [0.25, 0.3) is 10.2 Å². The molecule has 0 saturated carbocycles. The molecule has 29 heavy (non-hydrogen) atoms. The number of fused-ring (bicyclic) bond motifs is 3. The van der Waals surface area contributed by atoms with Crippen LogP contribution in [-0.4, -0.2) is 52.3 Å². The topological polar surface area (TPSA) is 49.3 Å². The van der Waals surface area contributed by atoms with Crippen LogP contribution in [0.5, 0.6) is 0 Å². The SMILES string of the molecule is CC[C@@H](C)c1nc(N2CCN(C(=O)[C@@H](C)Cl)CC2)c2c3c(sc2n1)CCCCC3. The van der Waals surface area contributed by atoms with Crippen molar-refractivity contribution in [3.8, 4) is 0 Å². The summed E-state index contributed by atoms with van der Waals surface area (Å²) in [5.74, 6) is 2.43. The molecule has 5 nitrogen and oxygen atoms in total. The molecule has 1 fully saturated rings. The molecule has 1 aliphatic heterocycles. The smallest absolute Gasteiger partial charge is 0.240 e. The number of nitrogens with zero attached hydrogens (tertiary/aromatic N) is 4. The van der Waals surface area contributed by atoms with E-state index >= 15 is 0 Å². The fourth-order valence-electron chi connectivity index (χ4n) is 4.35. The lowest BCUT2D eigenvalue weighted by Gasteiger charge is -2.36. The average Bonchev–Trinajstić information content (AvgIpc) is 2.92. The Hall–Kier alpha value is -1.40. The summed E-state index contributed by atoms with van der Waals surface area (Å²) in [5.41, 5.74) is 1.49. The van der Waals surface area contributed by atoms with E-state index in [1.165, 1.54) is 41.5 Å². The maximum absolute atomic E-state index is 12.3. The van der Waals surface area contributed by atoms with E-state index in [-0.39, 0.29) is 5.91 Å². The summed E-state index contributed by atoms with van der Waals surface area (Å²) in [6.45, 7) is 9.15. The van der Waals surface area contributed by atoms with Crippen LogP contribution in [-0.2, 0) is 17.6 Å². The summed E-state index contributed by atoms with van der Waals surface area (Å²) in [5, 5.41) is 0.821. The quantitative estimate of drug-likeness (QED) is 0.514. The number of halogens is 1. The lowest BCUT2D eigenvalue weighted by molar-refractivity contribution is -0.130. The van der Waals surface area contributed by atoms with Crippen molar-refractivity contribution in [3.63, 3.8) is 0 Å². The van der Waals surface area contributed by atoms with Gasteiger partial charge in [-0.15, -0.1) is 22.9 Å². The molecule has 0 aromatic carbocycles. The van der Waals surface area contributed by atoms with Crippen molar-refractivity contribution < 1.29 is 4.79 Å². The Kier molecular flexibility index (Phi) is 6.30. The van der Waals surface area contributed by atoms with Gasteiger partial charge in [0.25, 0.3) is 0 Å². The van der Waals surface area contributed by atoms with Crippen LogP contribution in [0.3, 0.4) is 0 Å². The van der Waals surface area contributed by atoms with Crippen molar-refractivity contribution in [2.45, 2.75) is 70.6 Å². The highest BCUT2D eigenvalue weighted by Gasteiger charge is 2.28. The van der Waals surface area contributed by atoms with Crippen LogP contribution < -0.4 is 4.90 Å². The predicted molar refractivity (Wildman–Crippen MR) is 121 cm³/mol. The Morgan fingerprint density at radius 1 is 1.10 bits per heavy atom. The van der Waals surface area contributed by atoms with E-state index in [1.54, 1.807) is 6.92 Å². The molecule has 0 bridgehead atoms. The first kappa shape index (κ1) is 20.9. The van der Waals surface area contributed by atoms with E-state index < -0.39 is 5.38 Å². The number of piperazine rings is 1. The van der Waals surface area contributed by atoms with Crippen LogP contribution in [0.2, 0.25) is 0 Å². The maximum Gasteiger partial charge on any atom is 0.240 e. The first-order chi connectivity index (χ1) is 14.0. The molecule has 0 radical (unpaired) electrons. The van der Waals surface area contributed by atoms with Crippen LogP contribution >= 0.6 is 22.9 Å². The number of aromatic nitrogens is 2. The lowest BCUT2D eigenvalue weighted by atomic mass is 10.1. The fraction of sp³-hybridized carbons (Fsp3) is 0.682. The summed E-state index contributed by atoms with van der Waals surface area (Å²) < 4.78 is 0. The third-order valence-corrected chi connectivity index (χ3v) is 7.72. The zero-order valence-electron chi connectivity index (χ0n) is 17.7. The number of anilines is 1. The highest BCUT2D eigenvalue weighted by Crippen LogP contribution is 2.40. The van der Waals surface area contributed by atoms with Gasteiger partial charge in [0.2, 0.25) is 5.91 Å². The Morgan fingerprint density at radius 3 is 2.52 bits per heavy atom. The Bertz CT molecular complexity index is 889. The number of carbonyl (C=O) groups is 1. The normalized spacial score (nSPS) is 19.7. The number of thiophene rings is 1. The predicted octanol–water partition coefficient (Wildman–Crippen LogP) is 4.75. The van der Waals surface area contributed by atoms with Crippen LogP contribution in [0.4, 0.5) is 5.82 Å². The minimum Gasteiger partial charge on any atom is -0.352 e. The number of alkyl halides is 1. The van der Waals surface area contributed by atoms with E-state index in [1.807, 2.05) is 16.2 Å². The number of rotatable bonds is 4. The molecule has 0 N–H and O–H groups in total. The Labute approximate surface area is 182 Å². The van der Waals surface area contributed by atoms with Crippen molar-refractivity contribution >= 4 is 44.9 Å². The third kappa shape index (κ3) is 4.11. The Morgan fingerprint density at radius 2 is 1.83 bits per heavy atom. The second kappa shape index (κ2) is 8.76. The van der Waals surface area contributed by atoms with Gasteiger partial charge >= 0.3 is 0 Å². The maximum atomic E-state index is 12.3. The number of hydrogen-bond donors (Lipinski definition) is 0. The van der Waals surface area contributed by atoms with Crippen molar-refractivity contribution in [1.29, 1.82) is 0 Å². The summed E-state index contributed by atoms with van der Waals surface area (Å²) >= 11 is 7.90. The molecule has 1 saturated heterocycles. The number of hydrogen-bond acceptors (Lipinski definition) is 5. The molecule has 7 heteroatoms. The molecule has 1 amide bonds. The molecular formula is C22H31ClN4OS. The van der Waals surface area contributed by atoms with Gasteiger partial charge in [-0.05, 0) is 44.6 Å². The first-order valence-corrected chi connectivity index (χ1v) is 12.2. The molecule has 3 heterocycles. The second-order valence-electron chi connectivity index (χ2n) is 8.39. The second-order valence-corrected chi connectivity index (χ2v) is 10.1. The van der Waals surface area contributed by atoms with Gasteiger partial charge in [0, 0.05) is 37.0 Å². The molecule has 4 rings (SSSR count). The molecule has 1 aliphatic carbocycles. The molecule has 2 aromatic rings. The van der Waals surface area contributed by atoms with Crippen LogP contribution in [0, 0.1) is 0 Å². The number of aryl methyl sites for hydroxylation is 2. The lowest BCUT2D eigenvalue weighted by Crippen LogP contribution is -2.50. The summed E-state index contributed by atoms with van der Waals surface area (Å²) in [7, 11) is 0. The van der Waals surface area contributed by atoms with Gasteiger partial charge in [-0.3, -0.25) is 4.79 Å². The number of carbonyl (C=O) groups excluding carboxylic acids is 1. The summed E-state index contributed by atoms with van der Waals surface area (Å²) in [4.78, 5) is 29.3. The molecule has 0 spiro atoms. The minimum absolute atomic E-state index is 0.0313. The van der Waals surface area contributed by atoms with Gasteiger partial charge in [-0.1, -0.05) is 20.3 Å². The van der Waals surface area contributed by atoms with E-state index in [2.05, 4.69) is 18.7 Å². The van der Waals surface area contributed by atoms with Crippen molar-refractivity contribution in [2.24, 2.45) is 0 Å².